The molecule has 1 aliphatic heterocycles. The SMILES string of the molecule is CC=CC(=O)c1nc(Nc2ccc(OC)cc2)sc1NC(=O)c1ccc(NC(=O)CC=C2CCN(C)CC2)cc1. The van der Waals surface area contributed by atoms with E-state index in [9.17, 15) is 14.4 Å². The first kappa shape index (κ1) is 28.7. The molecule has 0 aliphatic carbocycles. The Bertz CT molecular complexity index is 1400. The third kappa shape index (κ3) is 7.87. The van der Waals surface area contributed by atoms with Crippen molar-refractivity contribution >= 4 is 50.4 Å². The number of hydrogen-bond acceptors (Lipinski definition) is 8. The van der Waals surface area contributed by atoms with Crippen molar-refractivity contribution in [2.24, 2.45) is 0 Å². The van der Waals surface area contributed by atoms with E-state index in [0.29, 0.717) is 27.8 Å². The van der Waals surface area contributed by atoms with Crippen molar-refractivity contribution < 1.29 is 19.1 Å². The zero-order valence-electron chi connectivity index (χ0n) is 22.8. The normalized spacial score (nSPS) is 13.6. The minimum absolute atomic E-state index is 0.0997. The van der Waals surface area contributed by atoms with Gasteiger partial charge in [0.05, 0.1) is 7.11 Å². The Labute approximate surface area is 238 Å². The predicted octanol–water partition coefficient (Wildman–Crippen LogP) is 5.89. The van der Waals surface area contributed by atoms with Crippen LogP contribution in [0.15, 0.2) is 72.3 Å². The summed E-state index contributed by atoms with van der Waals surface area (Å²) in [6, 6.07) is 13.9. The molecule has 1 aromatic heterocycles. The van der Waals surface area contributed by atoms with Crippen LogP contribution in [0.2, 0.25) is 0 Å². The number of carbonyl (C=O) groups excluding carboxylic acids is 3. The smallest absolute Gasteiger partial charge is 0.256 e. The molecular weight excluding hydrogens is 526 g/mol. The Morgan fingerprint density at radius 1 is 1.00 bits per heavy atom. The quantitative estimate of drug-likeness (QED) is 0.161. The molecule has 9 nitrogen and oxygen atoms in total. The molecule has 3 aromatic rings. The molecule has 0 spiro atoms. The summed E-state index contributed by atoms with van der Waals surface area (Å²) in [5.41, 5.74) is 3.22. The standard InChI is InChI=1S/C30H33N5O4S/c1-4-5-25(36)27-29(40-30(33-27)32-23-11-13-24(39-3)14-12-23)34-28(38)21-7-9-22(10-8-21)31-26(37)15-6-20-16-18-35(2)19-17-20/h4-14H,15-19H2,1-3H3,(H,31,37)(H,32,33)(H,34,38). The topological polar surface area (TPSA) is 113 Å². The summed E-state index contributed by atoms with van der Waals surface area (Å²) in [6.45, 7) is 3.78. The number of nitrogens with zero attached hydrogens (tertiary/aromatic N) is 2. The van der Waals surface area contributed by atoms with Crippen LogP contribution in [0.4, 0.5) is 21.5 Å². The van der Waals surface area contributed by atoms with Crippen molar-refractivity contribution in [1.82, 2.24) is 9.88 Å². The molecule has 40 heavy (non-hydrogen) atoms. The van der Waals surface area contributed by atoms with Gasteiger partial charge in [-0.05, 0) is 81.4 Å². The van der Waals surface area contributed by atoms with E-state index in [-0.39, 0.29) is 23.3 Å². The van der Waals surface area contributed by atoms with E-state index in [1.54, 1.807) is 44.4 Å². The molecule has 1 fully saturated rings. The van der Waals surface area contributed by atoms with Crippen LogP contribution in [0.25, 0.3) is 0 Å². The summed E-state index contributed by atoms with van der Waals surface area (Å²) in [6.07, 6.45) is 7.36. The van der Waals surface area contributed by atoms with Crippen molar-refractivity contribution in [3.8, 4) is 5.75 Å². The Morgan fingerprint density at radius 3 is 2.33 bits per heavy atom. The summed E-state index contributed by atoms with van der Waals surface area (Å²) in [5.74, 6) is -0.0846. The van der Waals surface area contributed by atoms with Gasteiger partial charge in [-0.1, -0.05) is 29.1 Å². The number of thiazole rings is 1. The lowest BCUT2D eigenvalue weighted by molar-refractivity contribution is -0.115. The molecule has 2 heterocycles. The minimum Gasteiger partial charge on any atom is -0.497 e. The van der Waals surface area contributed by atoms with Gasteiger partial charge in [-0.3, -0.25) is 14.4 Å². The number of nitrogens with one attached hydrogen (secondary N) is 3. The molecule has 208 valence electrons. The van der Waals surface area contributed by atoms with Gasteiger partial charge in [0.25, 0.3) is 5.91 Å². The highest BCUT2D eigenvalue weighted by Crippen LogP contribution is 2.32. The van der Waals surface area contributed by atoms with Crippen LogP contribution in [0.5, 0.6) is 5.75 Å². The van der Waals surface area contributed by atoms with Gasteiger partial charge >= 0.3 is 0 Å². The average Bonchev–Trinajstić information content (AvgIpc) is 3.35. The number of amides is 2. The molecule has 1 saturated heterocycles. The van der Waals surface area contributed by atoms with Crippen molar-refractivity contribution in [3.63, 3.8) is 0 Å². The number of anilines is 4. The Hall–Kier alpha value is -4.28. The van der Waals surface area contributed by atoms with Gasteiger partial charge in [-0.25, -0.2) is 4.98 Å². The van der Waals surface area contributed by atoms with Crippen molar-refractivity contribution in [2.45, 2.75) is 26.2 Å². The number of hydrogen-bond donors (Lipinski definition) is 3. The monoisotopic (exact) mass is 559 g/mol. The van der Waals surface area contributed by atoms with Crippen LogP contribution in [0.1, 0.15) is 47.0 Å². The second-order valence-electron chi connectivity index (χ2n) is 9.36. The number of allylic oxidation sites excluding steroid dienone is 2. The van der Waals surface area contributed by atoms with Crippen LogP contribution in [-0.2, 0) is 4.79 Å². The Balaban J connectivity index is 1.40. The fourth-order valence-electron chi connectivity index (χ4n) is 4.09. The van der Waals surface area contributed by atoms with Crippen molar-refractivity contribution in [1.29, 1.82) is 0 Å². The van der Waals surface area contributed by atoms with E-state index >= 15 is 0 Å². The molecule has 4 rings (SSSR count). The van der Waals surface area contributed by atoms with Gasteiger partial charge in [-0.2, -0.15) is 0 Å². The predicted molar refractivity (Wildman–Crippen MR) is 160 cm³/mol. The third-order valence-electron chi connectivity index (χ3n) is 6.38. The van der Waals surface area contributed by atoms with Crippen LogP contribution in [-0.4, -0.2) is 54.7 Å². The van der Waals surface area contributed by atoms with E-state index in [1.807, 2.05) is 30.3 Å². The van der Waals surface area contributed by atoms with Crippen LogP contribution in [0.3, 0.4) is 0 Å². The number of aromatic nitrogens is 1. The van der Waals surface area contributed by atoms with Crippen LogP contribution in [0, 0.1) is 0 Å². The summed E-state index contributed by atoms with van der Waals surface area (Å²) < 4.78 is 5.18. The molecule has 2 aromatic carbocycles. The fourth-order valence-corrected chi connectivity index (χ4v) is 4.98. The average molecular weight is 560 g/mol. The Morgan fingerprint density at radius 2 is 1.68 bits per heavy atom. The third-order valence-corrected chi connectivity index (χ3v) is 7.27. The number of ether oxygens (including phenoxy) is 1. The number of rotatable bonds is 10. The second kappa shape index (κ2) is 13.7. The lowest BCUT2D eigenvalue weighted by Crippen LogP contribution is -2.26. The lowest BCUT2D eigenvalue weighted by Gasteiger charge is -2.23. The first-order valence-electron chi connectivity index (χ1n) is 13.0. The van der Waals surface area contributed by atoms with Crippen LogP contribution >= 0.6 is 11.3 Å². The van der Waals surface area contributed by atoms with E-state index in [4.69, 9.17) is 4.74 Å². The summed E-state index contributed by atoms with van der Waals surface area (Å²) >= 11 is 1.17. The fraction of sp³-hybridized carbons (Fsp3) is 0.267. The molecule has 10 heteroatoms. The summed E-state index contributed by atoms with van der Waals surface area (Å²) in [5, 5.41) is 9.65. The molecule has 0 radical (unpaired) electrons. The highest BCUT2D eigenvalue weighted by molar-refractivity contribution is 7.20. The van der Waals surface area contributed by atoms with Gasteiger partial charge in [0.1, 0.15) is 16.4 Å². The zero-order chi connectivity index (χ0) is 28.5. The second-order valence-corrected chi connectivity index (χ2v) is 10.4. The first-order valence-corrected chi connectivity index (χ1v) is 13.8. The van der Waals surface area contributed by atoms with E-state index in [2.05, 4.69) is 32.9 Å². The number of methoxy groups -OCH3 is 1. The van der Waals surface area contributed by atoms with Crippen molar-refractivity contribution in [3.05, 3.63) is 83.6 Å². The van der Waals surface area contributed by atoms with E-state index in [0.717, 1.165) is 37.4 Å². The maximum absolute atomic E-state index is 13.0. The van der Waals surface area contributed by atoms with Gasteiger partial charge < -0.3 is 25.6 Å². The lowest BCUT2D eigenvalue weighted by atomic mass is 10.0. The zero-order valence-corrected chi connectivity index (χ0v) is 23.6. The van der Waals surface area contributed by atoms with Gasteiger partial charge in [-0.15, -0.1) is 0 Å². The summed E-state index contributed by atoms with van der Waals surface area (Å²) in [7, 11) is 3.70. The van der Waals surface area contributed by atoms with Crippen molar-refractivity contribution in [2.75, 3.05) is 43.2 Å². The largest absolute Gasteiger partial charge is 0.497 e. The van der Waals surface area contributed by atoms with Gasteiger partial charge in [0, 0.05) is 36.4 Å². The summed E-state index contributed by atoms with van der Waals surface area (Å²) in [4.78, 5) is 44.8. The highest BCUT2D eigenvalue weighted by Gasteiger charge is 2.19. The van der Waals surface area contributed by atoms with Gasteiger partial charge in [0.15, 0.2) is 5.13 Å². The first-order chi connectivity index (χ1) is 19.3. The molecule has 0 bridgehead atoms. The molecule has 3 N–H and O–H groups in total. The molecule has 0 atom stereocenters. The number of benzene rings is 2. The van der Waals surface area contributed by atoms with Gasteiger partial charge in [0.2, 0.25) is 11.7 Å². The molecule has 0 unspecified atom stereocenters. The maximum atomic E-state index is 13.0. The number of carbonyl (C=O) groups is 3. The molecule has 0 saturated carbocycles. The minimum atomic E-state index is -0.390. The number of piperidine rings is 1. The highest BCUT2D eigenvalue weighted by atomic mass is 32.1. The van der Waals surface area contributed by atoms with E-state index in [1.165, 1.54) is 23.0 Å². The van der Waals surface area contributed by atoms with E-state index < -0.39 is 0 Å². The maximum Gasteiger partial charge on any atom is 0.256 e. The number of likely N-dealkylation sites (tertiary alicyclic amines) is 1. The van der Waals surface area contributed by atoms with Crippen LogP contribution < -0.4 is 20.7 Å². The molecule has 2 amide bonds. The molecular formula is C30H33N5O4S. The number of ketones is 1. The Kier molecular flexibility index (Phi) is 9.82. The molecule has 1 aliphatic rings.